The molecule has 0 atom stereocenters. The molecule has 1 heterocycles. The average molecular weight is 628 g/mol. The first-order valence-electron chi connectivity index (χ1n) is 17.0. The van der Waals surface area contributed by atoms with Crippen molar-refractivity contribution in [2.75, 3.05) is 4.90 Å². The summed E-state index contributed by atoms with van der Waals surface area (Å²) in [6.45, 7) is 4.69. The van der Waals surface area contributed by atoms with E-state index in [1.54, 1.807) is 0 Å². The van der Waals surface area contributed by atoms with Gasteiger partial charge in [-0.1, -0.05) is 129 Å². The zero-order valence-corrected chi connectivity index (χ0v) is 27.4. The van der Waals surface area contributed by atoms with Crippen molar-refractivity contribution in [3.63, 3.8) is 0 Å². The first-order valence-corrected chi connectivity index (χ1v) is 17.0. The van der Waals surface area contributed by atoms with Gasteiger partial charge in [0.15, 0.2) is 0 Å². The SMILES string of the molecule is CC1(C)c2ccccc2-c2ccc(N(c3ccc4c(c3)oc3c5ccccc5ccc43)c3ccccc3-c3ccc4ccccc4c3)cc21. The van der Waals surface area contributed by atoms with Gasteiger partial charge in [0, 0.05) is 44.6 Å². The number of nitrogens with zero attached hydrogens (tertiary/aromatic N) is 1. The second-order valence-electron chi connectivity index (χ2n) is 13.8. The lowest BCUT2D eigenvalue weighted by molar-refractivity contribution is 0.660. The maximum Gasteiger partial charge on any atom is 0.143 e. The number of anilines is 3. The molecule has 232 valence electrons. The first-order chi connectivity index (χ1) is 24.0. The quantitative estimate of drug-likeness (QED) is 0.193. The Morgan fingerprint density at radius 2 is 1.10 bits per heavy atom. The van der Waals surface area contributed by atoms with Crippen molar-refractivity contribution in [1.29, 1.82) is 0 Å². The van der Waals surface area contributed by atoms with Crippen LogP contribution in [0.1, 0.15) is 25.0 Å². The third-order valence-electron chi connectivity index (χ3n) is 10.6. The van der Waals surface area contributed by atoms with Crippen LogP contribution in [-0.4, -0.2) is 0 Å². The fraction of sp³-hybridized carbons (Fsp3) is 0.0638. The molecule has 0 N–H and O–H groups in total. The summed E-state index contributed by atoms with van der Waals surface area (Å²) in [5.74, 6) is 0. The molecule has 0 saturated heterocycles. The van der Waals surface area contributed by atoms with Crippen LogP contribution >= 0.6 is 0 Å². The zero-order chi connectivity index (χ0) is 32.7. The normalized spacial score (nSPS) is 13.3. The molecule has 10 rings (SSSR count). The minimum absolute atomic E-state index is 0.116. The monoisotopic (exact) mass is 627 g/mol. The van der Waals surface area contributed by atoms with Crippen molar-refractivity contribution in [3.8, 4) is 22.3 Å². The summed E-state index contributed by atoms with van der Waals surface area (Å²) in [4.78, 5) is 2.41. The highest BCUT2D eigenvalue weighted by Crippen LogP contribution is 2.51. The second kappa shape index (κ2) is 10.4. The van der Waals surface area contributed by atoms with Crippen molar-refractivity contribution in [1.82, 2.24) is 0 Å². The third-order valence-corrected chi connectivity index (χ3v) is 10.6. The zero-order valence-electron chi connectivity index (χ0n) is 27.4. The molecule has 0 bridgehead atoms. The van der Waals surface area contributed by atoms with Crippen LogP contribution in [0.5, 0.6) is 0 Å². The summed E-state index contributed by atoms with van der Waals surface area (Å²) >= 11 is 0. The number of para-hydroxylation sites is 1. The van der Waals surface area contributed by atoms with Crippen LogP contribution in [0.4, 0.5) is 17.1 Å². The van der Waals surface area contributed by atoms with Gasteiger partial charge in [-0.05, 0) is 86.4 Å². The molecule has 1 aromatic heterocycles. The summed E-state index contributed by atoms with van der Waals surface area (Å²) in [7, 11) is 0. The molecule has 2 nitrogen and oxygen atoms in total. The van der Waals surface area contributed by atoms with Crippen molar-refractivity contribution >= 4 is 60.5 Å². The van der Waals surface area contributed by atoms with Crippen LogP contribution in [0.3, 0.4) is 0 Å². The Morgan fingerprint density at radius 1 is 0.449 bits per heavy atom. The molecular weight excluding hydrogens is 595 g/mol. The smallest absolute Gasteiger partial charge is 0.143 e. The molecule has 0 amide bonds. The predicted octanol–water partition coefficient (Wildman–Crippen LogP) is 13.3. The Morgan fingerprint density at radius 3 is 2.00 bits per heavy atom. The van der Waals surface area contributed by atoms with Crippen LogP contribution in [-0.2, 0) is 5.41 Å². The molecular formula is C47H33NO. The van der Waals surface area contributed by atoms with Crippen molar-refractivity contribution in [2.45, 2.75) is 19.3 Å². The largest absolute Gasteiger partial charge is 0.455 e. The van der Waals surface area contributed by atoms with Gasteiger partial charge in [0.2, 0.25) is 0 Å². The highest BCUT2D eigenvalue weighted by atomic mass is 16.3. The highest BCUT2D eigenvalue weighted by Gasteiger charge is 2.36. The number of benzene rings is 8. The Labute approximate surface area is 285 Å². The second-order valence-corrected chi connectivity index (χ2v) is 13.8. The molecule has 0 unspecified atom stereocenters. The molecule has 0 fully saturated rings. The fourth-order valence-electron chi connectivity index (χ4n) is 8.16. The van der Waals surface area contributed by atoms with Gasteiger partial charge in [-0.3, -0.25) is 0 Å². The summed E-state index contributed by atoms with van der Waals surface area (Å²) < 4.78 is 6.71. The van der Waals surface area contributed by atoms with Crippen molar-refractivity contribution in [3.05, 3.63) is 175 Å². The van der Waals surface area contributed by atoms with Gasteiger partial charge in [0.05, 0.1) is 5.69 Å². The average Bonchev–Trinajstić information content (AvgIpc) is 3.63. The molecule has 1 aliphatic rings. The number of hydrogen-bond donors (Lipinski definition) is 0. The minimum atomic E-state index is -0.116. The molecule has 1 aliphatic carbocycles. The van der Waals surface area contributed by atoms with Crippen LogP contribution in [0.2, 0.25) is 0 Å². The van der Waals surface area contributed by atoms with E-state index in [0.717, 1.165) is 44.4 Å². The van der Waals surface area contributed by atoms with E-state index in [2.05, 4.69) is 183 Å². The van der Waals surface area contributed by atoms with Crippen LogP contribution in [0.25, 0.3) is 65.7 Å². The number of rotatable bonds is 4. The Hall–Kier alpha value is -6.12. The molecule has 0 radical (unpaired) electrons. The van der Waals surface area contributed by atoms with Crippen LogP contribution < -0.4 is 4.90 Å². The molecule has 0 saturated carbocycles. The number of fused-ring (bicyclic) bond motifs is 9. The minimum Gasteiger partial charge on any atom is -0.455 e. The van der Waals surface area contributed by atoms with E-state index in [4.69, 9.17) is 4.42 Å². The Bertz CT molecular complexity index is 2770. The van der Waals surface area contributed by atoms with E-state index < -0.39 is 0 Å². The molecule has 9 aromatic rings. The summed E-state index contributed by atoms with van der Waals surface area (Å²) in [6, 6.07) is 59.5. The van der Waals surface area contributed by atoms with Gasteiger partial charge in [-0.25, -0.2) is 0 Å². The van der Waals surface area contributed by atoms with Gasteiger partial charge >= 0.3 is 0 Å². The molecule has 0 aliphatic heterocycles. The lowest BCUT2D eigenvalue weighted by Crippen LogP contribution is -2.16. The van der Waals surface area contributed by atoms with Gasteiger partial charge in [0.1, 0.15) is 11.2 Å². The summed E-state index contributed by atoms with van der Waals surface area (Å²) in [5, 5.41) is 7.05. The standard InChI is InChI=1S/C47H33NO/c1-47(2)42-17-9-7-16-38(42)39-25-22-34(28-43(39)47)48(44-18-10-8-14-36(44)33-20-19-30-11-3-4-13-32(30)27-33)35-23-26-40-41-24-21-31-12-5-6-15-37(31)46(41)49-45(40)29-35/h3-29H,1-2H3. The Kier molecular flexibility index (Phi) is 5.95. The van der Waals surface area contributed by atoms with Gasteiger partial charge in [-0.2, -0.15) is 0 Å². The topological polar surface area (TPSA) is 16.4 Å². The predicted molar refractivity (Wildman–Crippen MR) is 206 cm³/mol. The lowest BCUT2D eigenvalue weighted by Gasteiger charge is -2.29. The van der Waals surface area contributed by atoms with E-state index in [-0.39, 0.29) is 5.41 Å². The fourth-order valence-corrected chi connectivity index (χ4v) is 8.16. The summed E-state index contributed by atoms with van der Waals surface area (Å²) in [5.41, 5.74) is 12.7. The summed E-state index contributed by atoms with van der Waals surface area (Å²) in [6.07, 6.45) is 0. The lowest BCUT2D eigenvalue weighted by atomic mass is 9.82. The van der Waals surface area contributed by atoms with Crippen molar-refractivity contribution in [2.24, 2.45) is 0 Å². The number of furan rings is 1. The highest BCUT2D eigenvalue weighted by molar-refractivity contribution is 6.15. The van der Waals surface area contributed by atoms with Crippen molar-refractivity contribution < 1.29 is 4.42 Å². The van der Waals surface area contributed by atoms with Gasteiger partial charge in [-0.15, -0.1) is 0 Å². The van der Waals surface area contributed by atoms with E-state index in [1.807, 2.05) is 0 Å². The number of hydrogen-bond acceptors (Lipinski definition) is 2. The van der Waals surface area contributed by atoms with E-state index in [9.17, 15) is 0 Å². The van der Waals surface area contributed by atoms with Crippen LogP contribution in [0, 0.1) is 0 Å². The molecule has 8 aromatic carbocycles. The van der Waals surface area contributed by atoms with Gasteiger partial charge < -0.3 is 9.32 Å². The molecule has 49 heavy (non-hydrogen) atoms. The molecule has 2 heteroatoms. The maximum absolute atomic E-state index is 6.71. The van der Waals surface area contributed by atoms with Crippen LogP contribution in [0.15, 0.2) is 168 Å². The third kappa shape index (κ3) is 4.20. The first kappa shape index (κ1) is 27.9. The molecule has 0 spiro atoms. The van der Waals surface area contributed by atoms with Gasteiger partial charge in [0.25, 0.3) is 0 Å². The van der Waals surface area contributed by atoms with E-state index in [1.165, 1.54) is 49.5 Å². The maximum atomic E-state index is 6.71. The Balaban J connectivity index is 1.21. The van der Waals surface area contributed by atoms with E-state index in [0.29, 0.717) is 0 Å². The van der Waals surface area contributed by atoms with E-state index >= 15 is 0 Å².